The fourth-order valence-corrected chi connectivity index (χ4v) is 20.8. The highest BCUT2D eigenvalue weighted by atomic mass is 19.3. The van der Waals surface area contributed by atoms with Crippen molar-refractivity contribution in [3.63, 3.8) is 0 Å². The molecule has 36 heteroatoms. The molecule has 0 radical (unpaired) electrons. The second kappa shape index (κ2) is 46.6. The minimum Gasteiger partial charge on any atom is -0.393 e. The summed E-state index contributed by atoms with van der Waals surface area (Å²) in [6.45, 7) is 17.4. The van der Waals surface area contributed by atoms with Gasteiger partial charge < -0.3 is 26.4 Å². The fraction of sp³-hybridized carbons (Fsp3) is 0.368. The number of aromatic amines is 4. The van der Waals surface area contributed by atoms with Crippen molar-refractivity contribution in [1.82, 2.24) is 115 Å². The molecule has 19 heterocycles. The van der Waals surface area contributed by atoms with Gasteiger partial charge in [0.25, 0.3) is 35.5 Å². The molecule has 4 amide bonds. The minimum atomic E-state index is -2.62. The number of likely N-dealkylation sites (tertiary alicyclic amines) is 7. The van der Waals surface area contributed by atoms with E-state index in [1.165, 1.54) is 68.9 Å². The van der Waals surface area contributed by atoms with Crippen LogP contribution in [0.25, 0.3) is 88.1 Å². The molecule has 0 unspecified atom stereocenters. The van der Waals surface area contributed by atoms with Gasteiger partial charge in [0.1, 0.15) is 0 Å². The monoisotopic (exact) mass is 2030 g/mol. The van der Waals surface area contributed by atoms with Crippen molar-refractivity contribution in [3.05, 3.63) is 288 Å². The van der Waals surface area contributed by atoms with Gasteiger partial charge in [-0.2, -0.15) is 20.4 Å². The molecule has 0 bridgehead atoms. The smallest absolute Gasteiger partial charge is 0.276 e. The molecule has 7 aliphatic heterocycles. The maximum Gasteiger partial charge on any atom is 0.276 e. The van der Waals surface area contributed by atoms with Gasteiger partial charge in [0.2, 0.25) is 0 Å². The summed E-state index contributed by atoms with van der Waals surface area (Å²) in [6, 6.07) is 47.2. The summed E-state index contributed by atoms with van der Waals surface area (Å²) in [5.41, 5.74) is 22.7. The molecule has 9 N–H and O–H groups in total. The van der Waals surface area contributed by atoms with Crippen LogP contribution in [0.15, 0.2) is 220 Å². The van der Waals surface area contributed by atoms with Gasteiger partial charge in [-0.3, -0.25) is 114 Å². The number of benzene rings is 4. The lowest BCUT2D eigenvalue weighted by Gasteiger charge is -2.31. The number of aliphatic hydroxyl groups excluding tert-OH is 1. The number of carbonyl (C=O) groups is 4. The van der Waals surface area contributed by atoms with E-state index in [4.69, 9.17) is 0 Å². The Hall–Kier alpha value is -14.8. The number of rotatable bonds is 28. The highest BCUT2D eigenvalue weighted by Gasteiger charge is 2.39. The number of amides is 4. The Morgan fingerprint density at radius 3 is 0.867 bits per heavy atom. The van der Waals surface area contributed by atoms with E-state index in [1.807, 2.05) is 163 Å². The Bertz CT molecular complexity index is 7390. The van der Waals surface area contributed by atoms with E-state index in [0.717, 1.165) is 242 Å². The van der Waals surface area contributed by atoms with Crippen LogP contribution in [0.2, 0.25) is 0 Å². The van der Waals surface area contributed by atoms with Gasteiger partial charge in [0.05, 0.1) is 105 Å². The van der Waals surface area contributed by atoms with Crippen molar-refractivity contribution in [3.8, 4) is 44.5 Å². The topological polar surface area (TPSA) is 377 Å². The van der Waals surface area contributed by atoms with Crippen molar-refractivity contribution >= 4 is 90.0 Å². The number of aliphatic hydroxyl groups is 1. The number of hydrogen-bond acceptors (Lipinski definition) is 24. The quantitative estimate of drug-likeness (QED) is 0.0206. The van der Waals surface area contributed by atoms with Gasteiger partial charge in [-0.15, -0.1) is 0 Å². The van der Waals surface area contributed by atoms with Crippen LogP contribution in [0, 0.1) is 5.92 Å². The van der Waals surface area contributed by atoms with Crippen molar-refractivity contribution in [2.75, 3.05) is 113 Å². The van der Waals surface area contributed by atoms with E-state index in [-0.39, 0.29) is 61.2 Å². The maximum absolute atomic E-state index is 13.6. The number of fused-ring (bicyclic) bond motifs is 4. The zero-order chi connectivity index (χ0) is 102. The van der Waals surface area contributed by atoms with Gasteiger partial charge in [-0.1, -0.05) is 37.1 Å². The van der Waals surface area contributed by atoms with Gasteiger partial charge in [-0.05, 0) is 314 Å². The maximum atomic E-state index is 13.6. The van der Waals surface area contributed by atoms with E-state index in [1.54, 1.807) is 54.5 Å². The zero-order valence-corrected chi connectivity index (χ0v) is 83.9. The molecule has 8 fully saturated rings. The van der Waals surface area contributed by atoms with Crippen LogP contribution in [0.5, 0.6) is 0 Å². The lowest BCUT2D eigenvalue weighted by Crippen LogP contribution is -2.38. The van der Waals surface area contributed by atoms with Crippen LogP contribution < -0.4 is 21.3 Å². The zero-order valence-electron chi connectivity index (χ0n) is 83.9. The van der Waals surface area contributed by atoms with Crippen molar-refractivity contribution in [1.29, 1.82) is 0 Å². The molecular weight excluding hydrogens is 1900 g/mol. The average molecular weight is 2030 g/mol. The third kappa shape index (κ3) is 25.8. The third-order valence-electron chi connectivity index (χ3n) is 29.6. The molecule has 0 atom stereocenters. The molecule has 12 aromatic heterocycles. The molecule has 24 rings (SSSR count). The molecule has 32 nitrogen and oxygen atoms in total. The number of piperidine rings is 3. The molecule has 150 heavy (non-hydrogen) atoms. The predicted molar refractivity (Wildman–Crippen MR) is 570 cm³/mol. The lowest BCUT2D eigenvalue weighted by molar-refractivity contribution is -0.0566. The first-order chi connectivity index (χ1) is 73.1. The van der Waals surface area contributed by atoms with Gasteiger partial charge in [-0.25, -0.2) is 17.6 Å². The van der Waals surface area contributed by atoms with Crippen LogP contribution in [-0.2, 0) is 52.2 Å². The number of H-pyrrole nitrogens is 4. The standard InChI is InChI=1S/C31H36N6O2.C28H29F2N7O.C28H31N7O.C27H27F2N7O/c38-27-9-4-21(5-10-27)14-22-15-24(18-32-17-22)23-6-11-29-28(16-23)30(36-35-29)31(39)34-25-7-8-26(33-19-25)20-37-12-2-1-3-13-37;29-28(30)6-10-37(11-7-28)17-19-12-21(15-31-14-19)20-2-5-25-24(13-20)26(35-34-25)27(38)33-22-3-4-23(32-16-22)18-36-8-1-9-36;36-28(31-23-6-7-24(30-17-23)19-35-9-2-1-3-10-35)27-25-14-21(5-8-26(25)32-33-27)22-13-20(15-29-16-22)18-34-11-4-12-34;28-27(29)6-9-36(17-27)15-18-10-20(13-30-12-18)19-2-5-24-23(11-19)25(34-33-24)26(37)32-21-3-4-22(31-14-21)16-35-7-1-8-35/h6-8,11,15-19,21,27,38H,1-5,9-10,12-14,20H2,(H,34,39)(H,35,36);2-5,12-16H,1,6-11,17-18H2,(H,33,38)(H,34,35);5-8,13-17H,1-4,9-12,18-19H2,(H,31,36)(H,32,33);2-5,10-14H,1,6-9,15-17H2,(H,32,37)(H,33,34). The summed E-state index contributed by atoms with van der Waals surface area (Å²) in [5.74, 6) is -5.77. The first kappa shape index (κ1) is 101. The Morgan fingerprint density at radius 2 is 0.573 bits per heavy atom. The molecular formula is C114H123F4N27O5. The largest absolute Gasteiger partial charge is 0.393 e. The third-order valence-corrected chi connectivity index (χ3v) is 29.6. The lowest BCUT2D eigenvalue weighted by atomic mass is 9.83. The van der Waals surface area contributed by atoms with Gasteiger partial charge >= 0.3 is 0 Å². The summed E-state index contributed by atoms with van der Waals surface area (Å²) in [6.07, 6.45) is 37.2. The van der Waals surface area contributed by atoms with Crippen molar-refractivity contribution in [2.45, 2.75) is 173 Å². The first-order valence-electron chi connectivity index (χ1n) is 52.4. The van der Waals surface area contributed by atoms with E-state index in [2.05, 4.69) is 139 Å². The predicted octanol–water partition coefficient (Wildman–Crippen LogP) is 18.8. The number of hydrogen-bond donors (Lipinski definition) is 9. The van der Waals surface area contributed by atoms with E-state index >= 15 is 0 Å². The molecule has 4 aromatic carbocycles. The Morgan fingerprint density at radius 1 is 0.293 bits per heavy atom. The number of nitrogens with zero attached hydrogens (tertiary/aromatic N) is 19. The summed E-state index contributed by atoms with van der Waals surface area (Å²) in [5, 5.41) is 53.4. The molecule has 772 valence electrons. The summed E-state index contributed by atoms with van der Waals surface area (Å²) < 4.78 is 54.2. The van der Waals surface area contributed by atoms with Crippen LogP contribution in [0.1, 0.15) is 190 Å². The molecule has 7 saturated heterocycles. The van der Waals surface area contributed by atoms with Crippen LogP contribution in [0.3, 0.4) is 0 Å². The molecule has 1 saturated carbocycles. The molecule has 1 aliphatic carbocycles. The van der Waals surface area contributed by atoms with Gasteiger partial charge in [0.15, 0.2) is 22.8 Å². The van der Waals surface area contributed by atoms with E-state index in [9.17, 15) is 41.8 Å². The minimum absolute atomic E-state index is 0.110. The Kier molecular flexibility index (Phi) is 31.4. The summed E-state index contributed by atoms with van der Waals surface area (Å²) in [7, 11) is 0. The molecule has 8 aliphatic rings. The van der Waals surface area contributed by atoms with Crippen LogP contribution in [-0.4, -0.2) is 253 Å². The molecule has 0 spiro atoms. The number of carbonyl (C=O) groups excluding carboxylic acids is 4. The fourth-order valence-electron chi connectivity index (χ4n) is 20.8. The number of pyridine rings is 8. The van der Waals surface area contributed by atoms with Gasteiger partial charge in [0, 0.05) is 178 Å². The van der Waals surface area contributed by atoms with E-state index < -0.39 is 11.8 Å². The van der Waals surface area contributed by atoms with Crippen molar-refractivity contribution < 1.29 is 41.8 Å². The van der Waals surface area contributed by atoms with E-state index in [0.29, 0.717) is 89.2 Å². The molecule has 16 aromatic rings. The Labute approximate surface area is 866 Å². The second-order valence-electron chi connectivity index (χ2n) is 41.0. The SMILES string of the molecule is O=C(Nc1ccc(CN2CCC2)nc1)c1n[nH]c2ccc(-c3cncc(CN4CCC(F)(F)C4)c3)cc12.O=C(Nc1ccc(CN2CCC2)nc1)c1n[nH]c2ccc(-c3cncc(CN4CCC(F)(F)CC4)c3)cc12.O=C(Nc1ccc(CN2CCCCC2)nc1)c1n[nH]c2ccc(-c3cncc(CC4CCC(O)CC4)c3)cc12.O=C(Nc1ccc(CN2CCCCC2)nc1)c1n[nH]c2ccc(-c3cncc(CN4CCC4)c3)cc12. The number of anilines is 4. The summed E-state index contributed by atoms with van der Waals surface area (Å²) in [4.78, 5) is 104. The number of aromatic nitrogens is 16. The second-order valence-corrected chi connectivity index (χ2v) is 41.0. The number of alkyl halides is 4. The normalized spacial score (nSPS) is 18.1. The number of halogens is 4. The van der Waals surface area contributed by atoms with Crippen LogP contribution >= 0.6 is 0 Å². The number of nitrogens with one attached hydrogen (secondary N) is 8. The average Bonchev–Trinajstić information content (AvgIpc) is 1.65. The first-order valence-corrected chi connectivity index (χ1v) is 52.4. The highest BCUT2D eigenvalue weighted by molar-refractivity contribution is 6.14. The van der Waals surface area contributed by atoms with Crippen LogP contribution in [0.4, 0.5) is 40.3 Å². The summed E-state index contributed by atoms with van der Waals surface area (Å²) >= 11 is 0. The Balaban J connectivity index is 0.000000117. The van der Waals surface area contributed by atoms with Crippen molar-refractivity contribution in [2.24, 2.45) is 5.92 Å². The highest BCUT2D eigenvalue weighted by Crippen LogP contribution is 2.38.